The fourth-order valence-electron chi connectivity index (χ4n) is 2.85. The number of hydrogen-bond acceptors (Lipinski definition) is 4. The van der Waals surface area contributed by atoms with Crippen LogP contribution in [0.25, 0.3) is 0 Å². The molecule has 0 spiro atoms. The van der Waals surface area contributed by atoms with Crippen LogP contribution >= 0.6 is 35.4 Å². The summed E-state index contributed by atoms with van der Waals surface area (Å²) in [7, 11) is 0. The molecule has 0 aromatic heterocycles. The topological polar surface area (TPSA) is 84.3 Å². The summed E-state index contributed by atoms with van der Waals surface area (Å²) in [6.07, 6.45) is 0. The van der Waals surface area contributed by atoms with E-state index in [-0.39, 0.29) is 16.5 Å². The van der Waals surface area contributed by atoms with Gasteiger partial charge in [0.25, 0.3) is 5.69 Å². The van der Waals surface area contributed by atoms with Crippen LogP contribution in [0.4, 0.5) is 5.69 Å². The Balaban J connectivity index is 2.10. The summed E-state index contributed by atoms with van der Waals surface area (Å²) in [6.45, 7) is 1.73. The molecule has 6 nitrogen and oxygen atoms in total. The first-order valence-electron chi connectivity index (χ1n) is 7.80. The van der Waals surface area contributed by atoms with Gasteiger partial charge in [-0.05, 0) is 55.0 Å². The van der Waals surface area contributed by atoms with Crippen molar-refractivity contribution >= 4 is 52.0 Å². The van der Waals surface area contributed by atoms with Gasteiger partial charge in [0.15, 0.2) is 10.9 Å². The molecule has 2 aromatic rings. The third kappa shape index (κ3) is 3.95. The average molecular weight is 422 g/mol. The summed E-state index contributed by atoms with van der Waals surface area (Å²) in [4.78, 5) is 23.8. The average Bonchev–Trinajstić information content (AvgIpc) is 2.61. The van der Waals surface area contributed by atoms with E-state index in [0.717, 1.165) is 0 Å². The molecule has 1 atom stereocenters. The van der Waals surface area contributed by atoms with E-state index in [0.29, 0.717) is 32.5 Å². The lowest BCUT2D eigenvalue weighted by atomic mass is 9.89. The molecule has 138 valence electrons. The minimum atomic E-state index is -0.655. The first-order valence-corrected chi connectivity index (χ1v) is 8.96. The lowest BCUT2D eigenvalue weighted by molar-refractivity contribution is -0.384. The van der Waals surface area contributed by atoms with Crippen molar-refractivity contribution in [3.05, 3.63) is 85.0 Å². The molecule has 0 aliphatic carbocycles. The van der Waals surface area contributed by atoms with Gasteiger partial charge in [-0.1, -0.05) is 29.3 Å². The van der Waals surface area contributed by atoms with Gasteiger partial charge in [-0.3, -0.25) is 14.9 Å². The van der Waals surface area contributed by atoms with E-state index in [1.807, 2.05) is 0 Å². The second-order valence-electron chi connectivity index (χ2n) is 5.87. The van der Waals surface area contributed by atoms with Crippen LogP contribution in [-0.2, 0) is 0 Å². The van der Waals surface area contributed by atoms with Gasteiger partial charge in [-0.15, -0.1) is 0 Å². The van der Waals surface area contributed by atoms with Gasteiger partial charge in [-0.2, -0.15) is 0 Å². The van der Waals surface area contributed by atoms with Crippen molar-refractivity contribution in [2.45, 2.75) is 13.0 Å². The summed E-state index contributed by atoms with van der Waals surface area (Å²) in [5, 5.41) is 18.0. The molecule has 1 aliphatic rings. The van der Waals surface area contributed by atoms with Crippen LogP contribution in [-0.4, -0.2) is 15.8 Å². The standard InChI is InChI=1S/C18H13Cl2N3O3S/c1-9-15(17(24)10-2-5-12(19)6-3-10)16(22-18(27)21-9)11-4-7-13(20)14(8-11)23(25)26/h2-8,16H,1H3,(H2,21,22,27)/t16-/m1/s1. The predicted octanol–water partition coefficient (Wildman–Crippen LogP) is 4.58. The third-order valence-electron chi connectivity index (χ3n) is 4.12. The number of hydrogen-bond donors (Lipinski definition) is 2. The second kappa shape index (κ2) is 7.64. The molecule has 0 bridgehead atoms. The van der Waals surface area contributed by atoms with Gasteiger partial charge in [0.1, 0.15) is 5.02 Å². The van der Waals surface area contributed by atoms with Crippen molar-refractivity contribution in [2.75, 3.05) is 0 Å². The highest BCUT2D eigenvalue weighted by Gasteiger charge is 2.31. The molecule has 2 N–H and O–H groups in total. The zero-order chi connectivity index (χ0) is 19.7. The molecular formula is C18H13Cl2N3O3S. The van der Waals surface area contributed by atoms with Crippen LogP contribution in [0.5, 0.6) is 0 Å². The molecule has 0 fully saturated rings. The monoisotopic (exact) mass is 421 g/mol. The van der Waals surface area contributed by atoms with E-state index in [1.54, 1.807) is 37.3 Å². The smallest absolute Gasteiger partial charge is 0.288 e. The van der Waals surface area contributed by atoms with Gasteiger partial charge >= 0.3 is 0 Å². The quantitative estimate of drug-likeness (QED) is 0.325. The SMILES string of the molecule is CC1=C(C(=O)c2ccc(Cl)cc2)[C@@H](c2ccc(Cl)c([N+](=O)[O-])c2)NC(=S)N1. The summed E-state index contributed by atoms with van der Waals surface area (Å²) in [6, 6.07) is 10.3. The summed E-state index contributed by atoms with van der Waals surface area (Å²) >= 11 is 17.0. The second-order valence-corrected chi connectivity index (χ2v) is 7.13. The Morgan fingerprint density at radius 1 is 1.19 bits per heavy atom. The highest BCUT2D eigenvalue weighted by Crippen LogP contribution is 2.34. The number of ketones is 1. The number of rotatable bonds is 4. The van der Waals surface area contributed by atoms with Crippen molar-refractivity contribution in [2.24, 2.45) is 0 Å². The molecule has 1 heterocycles. The van der Waals surface area contributed by atoms with Crippen LogP contribution in [0.15, 0.2) is 53.7 Å². The molecule has 27 heavy (non-hydrogen) atoms. The predicted molar refractivity (Wildman–Crippen MR) is 108 cm³/mol. The normalized spacial score (nSPS) is 16.6. The third-order valence-corrected chi connectivity index (χ3v) is 4.91. The fraction of sp³-hybridized carbons (Fsp3) is 0.111. The molecule has 0 amide bonds. The largest absolute Gasteiger partial charge is 0.351 e. The molecule has 1 aliphatic heterocycles. The minimum Gasteiger partial charge on any atom is -0.351 e. The summed E-state index contributed by atoms with van der Waals surface area (Å²) in [5.74, 6) is -0.241. The van der Waals surface area contributed by atoms with Crippen LogP contribution < -0.4 is 10.6 Å². The number of nitro benzene ring substituents is 1. The van der Waals surface area contributed by atoms with Crippen molar-refractivity contribution in [3.63, 3.8) is 0 Å². The Hall–Kier alpha value is -2.48. The van der Waals surface area contributed by atoms with Crippen molar-refractivity contribution in [1.29, 1.82) is 0 Å². The number of thiocarbonyl (C=S) groups is 1. The van der Waals surface area contributed by atoms with E-state index in [2.05, 4.69) is 10.6 Å². The highest BCUT2D eigenvalue weighted by atomic mass is 35.5. The molecule has 0 saturated heterocycles. The number of halogens is 2. The Kier molecular flexibility index (Phi) is 5.46. The van der Waals surface area contributed by atoms with E-state index in [4.69, 9.17) is 35.4 Å². The summed E-state index contributed by atoms with van der Waals surface area (Å²) < 4.78 is 0. The number of benzene rings is 2. The lowest BCUT2D eigenvalue weighted by Gasteiger charge is -2.30. The zero-order valence-corrected chi connectivity index (χ0v) is 16.3. The first-order chi connectivity index (χ1) is 12.8. The van der Waals surface area contributed by atoms with E-state index in [1.165, 1.54) is 12.1 Å². The molecule has 0 saturated carbocycles. The van der Waals surface area contributed by atoms with Gasteiger partial charge in [-0.25, -0.2) is 0 Å². The first kappa shape index (κ1) is 19.3. The molecule has 2 aromatic carbocycles. The number of nitrogens with one attached hydrogen (secondary N) is 2. The van der Waals surface area contributed by atoms with Crippen LogP contribution in [0.1, 0.15) is 28.9 Å². The van der Waals surface area contributed by atoms with Crippen molar-refractivity contribution < 1.29 is 9.72 Å². The number of Topliss-reactive ketones (excluding diaryl/α,β-unsaturated/α-hetero) is 1. The number of nitro groups is 1. The van der Waals surface area contributed by atoms with Crippen LogP contribution in [0.3, 0.4) is 0 Å². The highest BCUT2D eigenvalue weighted by molar-refractivity contribution is 7.80. The van der Waals surface area contributed by atoms with E-state index < -0.39 is 11.0 Å². The molecule has 0 radical (unpaired) electrons. The Labute approximate surface area is 170 Å². The van der Waals surface area contributed by atoms with Crippen LogP contribution in [0.2, 0.25) is 10.0 Å². The van der Waals surface area contributed by atoms with E-state index >= 15 is 0 Å². The molecule has 0 unspecified atom stereocenters. The van der Waals surface area contributed by atoms with Gasteiger partial charge in [0.05, 0.1) is 11.0 Å². The molecule has 3 rings (SSSR count). The Bertz CT molecular complexity index is 990. The number of allylic oxidation sites excluding steroid dienone is 1. The maximum atomic E-state index is 13.1. The van der Waals surface area contributed by atoms with Gasteiger partial charge in [0, 0.05) is 27.9 Å². The number of nitrogens with zero attached hydrogens (tertiary/aromatic N) is 1. The van der Waals surface area contributed by atoms with Crippen molar-refractivity contribution in [3.8, 4) is 0 Å². The van der Waals surface area contributed by atoms with Gasteiger partial charge < -0.3 is 10.6 Å². The number of carbonyl (C=O) groups is 1. The Morgan fingerprint density at radius 2 is 1.85 bits per heavy atom. The minimum absolute atomic E-state index is 0.0199. The molecular weight excluding hydrogens is 409 g/mol. The lowest BCUT2D eigenvalue weighted by Crippen LogP contribution is -2.44. The van der Waals surface area contributed by atoms with E-state index in [9.17, 15) is 14.9 Å². The fourth-order valence-corrected chi connectivity index (χ4v) is 3.43. The zero-order valence-electron chi connectivity index (χ0n) is 14.0. The molecule has 9 heteroatoms. The number of carbonyl (C=O) groups excluding carboxylic acids is 1. The van der Waals surface area contributed by atoms with Gasteiger partial charge in [0.2, 0.25) is 0 Å². The maximum Gasteiger partial charge on any atom is 0.288 e. The van der Waals surface area contributed by atoms with Crippen LogP contribution in [0, 0.1) is 10.1 Å². The maximum absolute atomic E-state index is 13.1. The van der Waals surface area contributed by atoms with Crippen molar-refractivity contribution in [1.82, 2.24) is 10.6 Å². The Morgan fingerprint density at radius 3 is 2.48 bits per heavy atom. The summed E-state index contributed by atoms with van der Waals surface area (Å²) in [5.41, 5.74) is 1.69.